The van der Waals surface area contributed by atoms with Crippen LogP contribution < -0.4 is 10.9 Å². The maximum atomic E-state index is 12.6. The smallest absolute Gasteiger partial charge is 0.270 e. The summed E-state index contributed by atoms with van der Waals surface area (Å²) in [6.07, 6.45) is 0. The Morgan fingerprint density at radius 3 is 2.79 bits per heavy atom. The third-order valence-corrected chi connectivity index (χ3v) is 4.83. The van der Waals surface area contributed by atoms with Crippen molar-refractivity contribution >= 4 is 28.6 Å². The molecular formula is C18H13N5O4S. The zero-order valence-electron chi connectivity index (χ0n) is 14.5. The van der Waals surface area contributed by atoms with Gasteiger partial charge in [-0.3, -0.25) is 19.7 Å². The summed E-state index contributed by atoms with van der Waals surface area (Å²) in [7, 11) is 0. The van der Waals surface area contributed by atoms with Crippen LogP contribution in [0.15, 0.2) is 52.6 Å². The molecule has 0 aliphatic rings. The Balaban J connectivity index is 1.88. The number of nitrogens with one attached hydrogen (secondary N) is 1. The van der Waals surface area contributed by atoms with Crippen LogP contribution in [-0.2, 0) is 4.79 Å². The Hall–Kier alpha value is -3.84. The number of hydrogen-bond acceptors (Lipinski definition) is 7. The van der Waals surface area contributed by atoms with E-state index in [1.807, 2.05) is 23.6 Å². The van der Waals surface area contributed by atoms with Gasteiger partial charge in [0.25, 0.3) is 11.2 Å². The SMILES string of the molecule is CC(C(=O)Nc1ccc([N+](=O)[O-])cc1C#N)n1nc(-c2cccs2)ccc1=O. The summed E-state index contributed by atoms with van der Waals surface area (Å²) in [5, 5.41) is 28.7. The van der Waals surface area contributed by atoms with Crippen LogP contribution in [0.2, 0.25) is 0 Å². The largest absolute Gasteiger partial charge is 0.323 e. The predicted molar refractivity (Wildman–Crippen MR) is 103 cm³/mol. The van der Waals surface area contributed by atoms with E-state index in [4.69, 9.17) is 0 Å². The van der Waals surface area contributed by atoms with Gasteiger partial charge in [0.05, 0.1) is 21.1 Å². The minimum absolute atomic E-state index is 0.0533. The summed E-state index contributed by atoms with van der Waals surface area (Å²) in [5.41, 5.74) is -0.0894. The standard InChI is InChI=1S/C18H13N5O4S/c1-11(22-17(24)7-6-15(21-22)16-3-2-8-28-16)18(25)20-14-5-4-13(23(26)27)9-12(14)10-19/h2-9,11H,1H3,(H,20,25). The fourth-order valence-corrected chi connectivity index (χ4v) is 3.14. The average molecular weight is 395 g/mol. The van der Waals surface area contributed by atoms with Crippen molar-refractivity contribution in [3.8, 4) is 16.6 Å². The summed E-state index contributed by atoms with van der Waals surface area (Å²) in [5.74, 6) is -0.580. The first-order valence-electron chi connectivity index (χ1n) is 8.04. The van der Waals surface area contributed by atoms with Crippen LogP contribution in [0.4, 0.5) is 11.4 Å². The first-order valence-corrected chi connectivity index (χ1v) is 8.92. The second kappa shape index (κ2) is 7.81. The lowest BCUT2D eigenvalue weighted by atomic mass is 10.1. The third kappa shape index (κ3) is 3.79. The minimum atomic E-state index is -0.964. The maximum absolute atomic E-state index is 12.6. The highest BCUT2D eigenvalue weighted by molar-refractivity contribution is 7.13. The fourth-order valence-electron chi connectivity index (χ4n) is 2.45. The number of nitro benzene ring substituents is 1. The third-order valence-electron chi connectivity index (χ3n) is 3.94. The van der Waals surface area contributed by atoms with Gasteiger partial charge < -0.3 is 5.32 Å². The van der Waals surface area contributed by atoms with Crippen molar-refractivity contribution in [2.45, 2.75) is 13.0 Å². The monoisotopic (exact) mass is 395 g/mol. The van der Waals surface area contributed by atoms with E-state index in [1.54, 1.807) is 6.07 Å². The molecule has 140 valence electrons. The molecule has 28 heavy (non-hydrogen) atoms. The molecule has 10 heteroatoms. The first-order chi connectivity index (χ1) is 13.4. The number of nitro groups is 1. The molecule has 3 aromatic rings. The molecule has 1 atom stereocenters. The van der Waals surface area contributed by atoms with Crippen molar-refractivity contribution in [2.75, 3.05) is 5.32 Å². The Kier molecular flexibility index (Phi) is 5.28. The Labute approximate surface area is 162 Å². The highest BCUT2D eigenvalue weighted by Gasteiger charge is 2.20. The fraction of sp³-hybridized carbons (Fsp3) is 0.111. The molecule has 0 radical (unpaired) electrons. The normalized spacial score (nSPS) is 11.4. The number of thiophene rings is 1. The number of carbonyl (C=O) groups is 1. The van der Waals surface area contributed by atoms with Crippen LogP contribution in [0.3, 0.4) is 0 Å². The number of nitriles is 1. The molecule has 0 saturated heterocycles. The Morgan fingerprint density at radius 2 is 2.14 bits per heavy atom. The van der Waals surface area contributed by atoms with Gasteiger partial charge in [-0.15, -0.1) is 11.3 Å². The van der Waals surface area contributed by atoms with Crippen molar-refractivity contribution in [1.82, 2.24) is 9.78 Å². The van der Waals surface area contributed by atoms with Crippen LogP contribution in [0.25, 0.3) is 10.6 Å². The molecule has 0 saturated carbocycles. The van der Waals surface area contributed by atoms with E-state index in [1.165, 1.54) is 36.5 Å². The molecule has 2 heterocycles. The maximum Gasteiger partial charge on any atom is 0.270 e. The predicted octanol–water partition coefficient (Wildman–Crippen LogP) is 2.95. The zero-order valence-corrected chi connectivity index (χ0v) is 15.3. The van der Waals surface area contributed by atoms with E-state index >= 15 is 0 Å². The average Bonchev–Trinajstić information content (AvgIpc) is 3.22. The van der Waals surface area contributed by atoms with Crippen LogP contribution in [0.1, 0.15) is 18.5 Å². The topological polar surface area (TPSA) is 131 Å². The van der Waals surface area contributed by atoms with E-state index in [0.717, 1.165) is 15.6 Å². The van der Waals surface area contributed by atoms with E-state index in [-0.39, 0.29) is 16.9 Å². The number of non-ortho nitro benzene ring substituents is 1. The van der Waals surface area contributed by atoms with Gasteiger partial charge in [-0.25, -0.2) is 4.68 Å². The number of anilines is 1. The van der Waals surface area contributed by atoms with E-state index in [2.05, 4.69) is 10.4 Å². The molecule has 1 amide bonds. The quantitative estimate of drug-likeness (QED) is 0.522. The van der Waals surface area contributed by atoms with Crippen LogP contribution in [0, 0.1) is 21.4 Å². The van der Waals surface area contributed by atoms with Crippen molar-refractivity contribution < 1.29 is 9.72 Å². The van der Waals surface area contributed by atoms with Gasteiger partial charge in [-0.05, 0) is 30.5 Å². The van der Waals surface area contributed by atoms with Gasteiger partial charge in [0.1, 0.15) is 17.8 Å². The lowest BCUT2D eigenvalue weighted by molar-refractivity contribution is -0.384. The van der Waals surface area contributed by atoms with Gasteiger partial charge >= 0.3 is 0 Å². The summed E-state index contributed by atoms with van der Waals surface area (Å²) in [4.78, 5) is 35.8. The molecule has 9 nitrogen and oxygen atoms in total. The summed E-state index contributed by atoms with van der Waals surface area (Å²) in [6, 6.07) is 11.0. The number of benzene rings is 1. The van der Waals surface area contributed by atoms with Gasteiger partial charge in [-0.1, -0.05) is 6.07 Å². The minimum Gasteiger partial charge on any atom is -0.323 e. The number of amides is 1. The Morgan fingerprint density at radius 1 is 1.36 bits per heavy atom. The van der Waals surface area contributed by atoms with Crippen molar-refractivity contribution in [3.05, 3.63) is 73.9 Å². The number of nitrogens with zero attached hydrogens (tertiary/aromatic N) is 4. The van der Waals surface area contributed by atoms with Crippen LogP contribution in [0.5, 0.6) is 0 Å². The van der Waals surface area contributed by atoms with E-state index in [9.17, 15) is 25.0 Å². The second-order valence-corrected chi connectivity index (χ2v) is 6.69. The van der Waals surface area contributed by atoms with E-state index in [0.29, 0.717) is 5.69 Å². The van der Waals surface area contributed by atoms with Gasteiger partial charge in [0, 0.05) is 18.2 Å². The molecule has 1 N–H and O–H groups in total. The van der Waals surface area contributed by atoms with Gasteiger partial charge in [0.2, 0.25) is 5.91 Å². The van der Waals surface area contributed by atoms with Crippen molar-refractivity contribution in [3.63, 3.8) is 0 Å². The highest BCUT2D eigenvalue weighted by atomic mass is 32.1. The lowest BCUT2D eigenvalue weighted by Crippen LogP contribution is -2.33. The number of aromatic nitrogens is 2. The molecule has 1 unspecified atom stereocenters. The molecule has 1 aromatic carbocycles. The van der Waals surface area contributed by atoms with Gasteiger partial charge in [-0.2, -0.15) is 10.4 Å². The lowest BCUT2D eigenvalue weighted by Gasteiger charge is -2.15. The summed E-state index contributed by atoms with van der Waals surface area (Å²) in [6.45, 7) is 1.50. The number of hydrogen-bond donors (Lipinski definition) is 1. The van der Waals surface area contributed by atoms with Gasteiger partial charge in [0.15, 0.2) is 0 Å². The van der Waals surface area contributed by atoms with Crippen LogP contribution in [-0.4, -0.2) is 20.6 Å². The molecule has 0 bridgehead atoms. The molecule has 0 fully saturated rings. The molecule has 2 aromatic heterocycles. The molecule has 3 rings (SSSR count). The Bertz CT molecular complexity index is 1150. The zero-order chi connectivity index (χ0) is 20.3. The molecular weight excluding hydrogens is 382 g/mol. The summed E-state index contributed by atoms with van der Waals surface area (Å²) >= 11 is 1.45. The molecule has 0 aliphatic carbocycles. The molecule has 0 spiro atoms. The highest BCUT2D eigenvalue weighted by Crippen LogP contribution is 2.23. The van der Waals surface area contributed by atoms with Crippen LogP contribution >= 0.6 is 11.3 Å². The summed E-state index contributed by atoms with van der Waals surface area (Å²) < 4.78 is 1.06. The molecule has 0 aliphatic heterocycles. The number of carbonyl (C=O) groups excluding carboxylic acids is 1. The van der Waals surface area contributed by atoms with Crippen molar-refractivity contribution in [1.29, 1.82) is 5.26 Å². The first kappa shape index (κ1) is 18.9. The van der Waals surface area contributed by atoms with Crippen molar-refractivity contribution in [2.24, 2.45) is 0 Å². The van der Waals surface area contributed by atoms with E-state index < -0.39 is 22.4 Å². The second-order valence-electron chi connectivity index (χ2n) is 5.74. The number of rotatable bonds is 5.